The number of hydrogen-bond acceptors (Lipinski definition) is 5. The molecule has 5 nitrogen and oxygen atoms in total. The smallest absolute Gasteiger partial charge is 0.357 e. The number of aromatic carboxylic acids is 1. The first-order valence-electron chi connectivity index (χ1n) is 3.65. The van der Waals surface area contributed by atoms with Crippen LogP contribution in [-0.4, -0.2) is 36.3 Å². The van der Waals surface area contributed by atoms with Crippen molar-refractivity contribution in [1.82, 2.24) is 4.98 Å². The average molecular weight is 202 g/mol. The molecule has 0 amide bonds. The van der Waals surface area contributed by atoms with Crippen molar-refractivity contribution in [3.63, 3.8) is 0 Å². The first-order valence-corrected chi connectivity index (χ1v) is 4.53. The van der Waals surface area contributed by atoms with Crippen molar-refractivity contribution in [2.75, 3.05) is 25.6 Å². The molecule has 6 heteroatoms. The lowest BCUT2D eigenvalue weighted by Crippen LogP contribution is -2.09. The van der Waals surface area contributed by atoms with Crippen LogP contribution in [0.15, 0.2) is 5.51 Å². The van der Waals surface area contributed by atoms with Crippen LogP contribution in [0.3, 0.4) is 0 Å². The Hall–Kier alpha value is -1.14. The Morgan fingerprint density at radius 2 is 2.62 bits per heavy atom. The van der Waals surface area contributed by atoms with Gasteiger partial charge in [0.25, 0.3) is 0 Å². The molecule has 0 aliphatic heterocycles. The second-order valence-electron chi connectivity index (χ2n) is 2.25. The monoisotopic (exact) mass is 202 g/mol. The number of anilines is 1. The van der Waals surface area contributed by atoms with E-state index in [1.54, 1.807) is 7.11 Å². The molecule has 0 saturated carbocycles. The van der Waals surface area contributed by atoms with Gasteiger partial charge in [0.1, 0.15) is 5.00 Å². The lowest BCUT2D eigenvalue weighted by molar-refractivity contribution is 0.0692. The highest BCUT2D eigenvalue weighted by Crippen LogP contribution is 2.19. The third-order valence-corrected chi connectivity index (χ3v) is 2.15. The quantitative estimate of drug-likeness (QED) is 0.694. The van der Waals surface area contributed by atoms with E-state index in [1.807, 2.05) is 0 Å². The number of aromatic nitrogens is 1. The number of nitrogens with zero attached hydrogens (tertiary/aromatic N) is 1. The normalized spacial score (nSPS) is 9.92. The number of rotatable bonds is 5. The number of nitrogens with one attached hydrogen (secondary N) is 1. The molecule has 0 spiro atoms. The number of carboxylic acids is 1. The minimum Gasteiger partial charge on any atom is -0.476 e. The minimum absolute atomic E-state index is 0.0705. The molecule has 1 aromatic rings. The summed E-state index contributed by atoms with van der Waals surface area (Å²) in [6.07, 6.45) is 0. The van der Waals surface area contributed by atoms with Gasteiger partial charge < -0.3 is 15.2 Å². The fraction of sp³-hybridized carbons (Fsp3) is 0.429. The van der Waals surface area contributed by atoms with E-state index in [1.165, 1.54) is 16.8 Å². The molecule has 0 fully saturated rings. The van der Waals surface area contributed by atoms with Crippen molar-refractivity contribution in [2.24, 2.45) is 0 Å². The van der Waals surface area contributed by atoms with E-state index >= 15 is 0 Å². The van der Waals surface area contributed by atoms with Gasteiger partial charge in [-0.2, -0.15) is 0 Å². The van der Waals surface area contributed by atoms with Crippen molar-refractivity contribution < 1.29 is 14.6 Å². The summed E-state index contributed by atoms with van der Waals surface area (Å²) >= 11 is 1.27. The van der Waals surface area contributed by atoms with Crippen molar-refractivity contribution in [1.29, 1.82) is 0 Å². The van der Waals surface area contributed by atoms with Crippen LogP contribution in [0.5, 0.6) is 0 Å². The van der Waals surface area contributed by atoms with Gasteiger partial charge in [-0.05, 0) is 0 Å². The van der Waals surface area contributed by atoms with Gasteiger partial charge in [-0.15, -0.1) is 11.3 Å². The number of thiazole rings is 1. The molecule has 0 aromatic carbocycles. The van der Waals surface area contributed by atoms with Crippen LogP contribution in [0.25, 0.3) is 0 Å². The van der Waals surface area contributed by atoms with Gasteiger partial charge >= 0.3 is 5.97 Å². The van der Waals surface area contributed by atoms with Gasteiger partial charge in [-0.1, -0.05) is 0 Å². The maximum atomic E-state index is 10.6. The summed E-state index contributed by atoms with van der Waals surface area (Å²) in [5.74, 6) is -1.01. The molecule has 0 aliphatic rings. The molecule has 13 heavy (non-hydrogen) atoms. The molecule has 0 unspecified atom stereocenters. The summed E-state index contributed by atoms with van der Waals surface area (Å²) in [4.78, 5) is 14.3. The van der Waals surface area contributed by atoms with Crippen molar-refractivity contribution in [3.8, 4) is 0 Å². The van der Waals surface area contributed by atoms with Crippen LogP contribution in [0.4, 0.5) is 5.00 Å². The van der Waals surface area contributed by atoms with Gasteiger partial charge in [0.2, 0.25) is 0 Å². The first kappa shape index (κ1) is 9.94. The molecule has 0 radical (unpaired) electrons. The van der Waals surface area contributed by atoms with Crippen LogP contribution < -0.4 is 5.32 Å². The summed E-state index contributed by atoms with van der Waals surface area (Å²) in [6.45, 7) is 1.12. The molecule has 72 valence electrons. The van der Waals surface area contributed by atoms with Gasteiger partial charge in [0, 0.05) is 13.7 Å². The van der Waals surface area contributed by atoms with E-state index in [-0.39, 0.29) is 5.69 Å². The Kier molecular flexibility index (Phi) is 3.66. The van der Waals surface area contributed by atoms with Crippen molar-refractivity contribution in [2.45, 2.75) is 0 Å². The Labute approximate surface area is 79.4 Å². The highest BCUT2D eigenvalue weighted by Gasteiger charge is 2.12. The van der Waals surface area contributed by atoms with Gasteiger partial charge in [0.05, 0.1) is 12.1 Å². The standard InChI is InChI=1S/C7H10N2O3S/c1-12-3-2-8-6-5(7(10)11)9-4-13-6/h4,8H,2-3H2,1H3,(H,10,11). The molecule has 2 N–H and O–H groups in total. The molecule has 1 rings (SSSR count). The van der Waals surface area contributed by atoms with Crippen LogP contribution in [0, 0.1) is 0 Å². The van der Waals surface area contributed by atoms with Gasteiger partial charge in [-0.25, -0.2) is 9.78 Å². The average Bonchev–Trinajstić information content (AvgIpc) is 2.53. The van der Waals surface area contributed by atoms with Crippen LogP contribution in [0.1, 0.15) is 10.5 Å². The summed E-state index contributed by atoms with van der Waals surface area (Å²) in [6, 6.07) is 0. The number of hydrogen-bond donors (Lipinski definition) is 2. The van der Waals surface area contributed by atoms with E-state index in [9.17, 15) is 4.79 Å². The summed E-state index contributed by atoms with van der Waals surface area (Å²) in [5, 5.41) is 12.2. The van der Waals surface area contributed by atoms with E-state index in [0.29, 0.717) is 18.2 Å². The predicted molar refractivity (Wildman–Crippen MR) is 49.4 cm³/mol. The summed E-state index contributed by atoms with van der Waals surface area (Å²) < 4.78 is 4.81. The Morgan fingerprint density at radius 1 is 1.85 bits per heavy atom. The van der Waals surface area contributed by atoms with E-state index < -0.39 is 5.97 Å². The zero-order chi connectivity index (χ0) is 9.68. The van der Waals surface area contributed by atoms with E-state index in [2.05, 4.69) is 10.3 Å². The largest absolute Gasteiger partial charge is 0.476 e. The highest BCUT2D eigenvalue weighted by molar-refractivity contribution is 7.14. The number of ether oxygens (including phenoxy) is 1. The summed E-state index contributed by atoms with van der Waals surface area (Å²) in [5.41, 5.74) is 1.57. The van der Waals surface area contributed by atoms with Gasteiger partial charge in [-0.3, -0.25) is 0 Å². The second kappa shape index (κ2) is 4.78. The third-order valence-electron chi connectivity index (χ3n) is 1.36. The molecule has 1 aromatic heterocycles. The SMILES string of the molecule is COCCNc1scnc1C(=O)O. The molecular weight excluding hydrogens is 192 g/mol. The lowest BCUT2D eigenvalue weighted by atomic mass is 10.4. The Bertz CT molecular complexity index is 287. The zero-order valence-corrected chi connectivity index (χ0v) is 7.93. The molecule has 0 atom stereocenters. The maximum Gasteiger partial charge on any atom is 0.357 e. The zero-order valence-electron chi connectivity index (χ0n) is 7.11. The Morgan fingerprint density at radius 3 is 3.23 bits per heavy atom. The summed E-state index contributed by atoms with van der Waals surface area (Å²) in [7, 11) is 1.59. The first-order chi connectivity index (χ1) is 6.25. The third kappa shape index (κ3) is 2.67. The van der Waals surface area contributed by atoms with Crippen molar-refractivity contribution >= 4 is 22.3 Å². The predicted octanol–water partition coefficient (Wildman–Crippen LogP) is 0.900. The topological polar surface area (TPSA) is 71.5 Å². The maximum absolute atomic E-state index is 10.6. The number of methoxy groups -OCH3 is 1. The number of carboxylic acid groups (broad SMARTS) is 1. The Balaban J connectivity index is 2.55. The van der Waals surface area contributed by atoms with Crippen molar-refractivity contribution in [3.05, 3.63) is 11.2 Å². The van der Waals surface area contributed by atoms with Crippen LogP contribution in [0.2, 0.25) is 0 Å². The molecule has 0 aliphatic carbocycles. The highest BCUT2D eigenvalue weighted by atomic mass is 32.1. The second-order valence-corrected chi connectivity index (χ2v) is 3.11. The molecule has 0 saturated heterocycles. The molecule has 1 heterocycles. The molecule has 0 bridgehead atoms. The minimum atomic E-state index is -1.01. The fourth-order valence-electron chi connectivity index (χ4n) is 0.791. The van der Waals surface area contributed by atoms with E-state index in [4.69, 9.17) is 9.84 Å². The van der Waals surface area contributed by atoms with Gasteiger partial charge in [0.15, 0.2) is 5.69 Å². The van der Waals surface area contributed by atoms with E-state index in [0.717, 1.165) is 0 Å². The number of carbonyl (C=O) groups is 1. The van der Waals surface area contributed by atoms with Crippen LogP contribution in [-0.2, 0) is 4.74 Å². The fourth-order valence-corrected chi connectivity index (χ4v) is 1.49. The lowest BCUT2D eigenvalue weighted by Gasteiger charge is -2.02. The van der Waals surface area contributed by atoms with Crippen LogP contribution >= 0.6 is 11.3 Å². The molecular formula is C7H10N2O3S.